The van der Waals surface area contributed by atoms with E-state index in [1.54, 1.807) is 18.7 Å². The van der Waals surface area contributed by atoms with Crippen LogP contribution in [0.5, 0.6) is 0 Å². The number of aliphatic hydroxyl groups is 1. The molecule has 2 rings (SSSR count). The lowest BCUT2D eigenvalue weighted by Gasteiger charge is -2.48. The van der Waals surface area contributed by atoms with Crippen molar-refractivity contribution in [1.82, 2.24) is 5.32 Å². The van der Waals surface area contributed by atoms with Gasteiger partial charge in [0, 0.05) is 18.8 Å². The molecule has 2 heterocycles. The maximum Gasteiger partial charge on any atom is 0.315 e. The normalized spacial score (nSPS) is 33.5. The molecule has 4 nitrogen and oxygen atoms in total. The number of carbonyl (C=O) groups excluding carboxylic acids is 1. The Bertz CT molecular complexity index is 259. The first-order valence-electron chi connectivity index (χ1n) is 5.33. The zero-order valence-electron chi connectivity index (χ0n) is 8.91. The Morgan fingerprint density at radius 2 is 2.33 bits per heavy atom. The van der Waals surface area contributed by atoms with Gasteiger partial charge in [-0.25, -0.2) is 0 Å². The fourth-order valence-corrected chi connectivity index (χ4v) is 3.77. The summed E-state index contributed by atoms with van der Waals surface area (Å²) in [5.74, 6) is 1.39. The molecule has 0 amide bonds. The molecule has 15 heavy (non-hydrogen) atoms. The summed E-state index contributed by atoms with van der Waals surface area (Å²) < 4.78 is 5.11. The zero-order chi connectivity index (χ0) is 10.9. The molecule has 5 heteroatoms. The molecule has 0 saturated carbocycles. The predicted molar refractivity (Wildman–Crippen MR) is 58.8 cm³/mol. The molecule has 0 aromatic heterocycles. The van der Waals surface area contributed by atoms with Gasteiger partial charge in [-0.05, 0) is 19.1 Å². The molecule has 0 aliphatic carbocycles. The molecule has 2 aliphatic heterocycles. The summed E-state index contributed by atoms with van der Waals surface area (Å²) in [5.41, 5.74) is -1.55. The molecule has 1 atom stereocenters. The highest BCUT2D eigenvalue weighted by molar-refractivity contribution is 7.99. The molecular formula is C10H17NO3S. The van der Waals surface area contributed by atoms with Crippen molar-refractivity contribution < 1.29 is 14.6 Å². The highest BCUT2D eigenvalue weighted by atomic mass is 32.2. The number of rotatable bonds is 3. The second-order valence-electron chi connectivity index (χ2n) is 4.24. The number of carbonyl (C=O) groups is 1. The number of β-amino-alcohol motifs (C(OH)–C–C–N with tert-alkyl or cyclic N) is 1. The minimum atomic E-state index is -0.886. The fraction of sp³-hybridized carbons (Fsp3) is 0.900. The first-order chi connectivity index (χ1) is 7.15. The summed E-state index contributed by atoms with van der Waals surface area (Å²) in [5, 5.41) is 13.4. The molecule has 2 N–H and O–H groups in total. The molecule has 86 valence electrons. The van der Waals surface area contributed by atoms with Gasteiger partial charge < -0.3 is 15.2 Å². The summed E-state index contributed by atoms with van der Waals surface area (Å²) in [6, 6.07) is 0. The van der Waals surface area contributed by atoms with Crippen LogP contribution in [0.15, 0.2) is 0 Å². The molecule has 1 unspecified atom stereocenters. The van der Waals surface area contributed by atoms with E-state index in [0.29, 0.717) is 25.4 Å². The summed E-state index contributed by atoms with van der Waals surface area (Å²) in [4.78, 5) is 12.0. The van der Waals surface area contributed by atoms with Crippen molar-refractivity contribution in [3.8, 4) is 0 Å². The van der Waals surface area contributed by atoms with Crippen molar-refractivity contribution in [2.45, 2.75) is 18.9 Å². The van der Waals surface area contributed by atoms with Crippen LogP contribution in [0.1, 0.15) is 13.3 Å². The van der Waals surface area contributed by atoms with E-state index in [9.17, 15) is 9.90 Å². The van der Waals surface area contributed by atoms with E-state index < -0.39 is 11.0 Å². The Morgan fingerprint density at radius 1 is 1.60 bits per heavy atom. The van der Waals surface area contributed by atoms with Crippen LogP contribution in [-0.4, -0.2) is 47.9 Å². The predicted octanol–water partition coefficient (Wildman–Crippen LogP) is 0.00710. The second-order valence-corrected chi connectivity index (χ2v) is 5.35. The largest absolute Gasteiger partial charge is 0.465 e. The molecule has 0 bridgehead atoms. The quantitative estimate of drug-likeness (QED) is 0.670. The lowest BCUT2D eigenvalue weighted by atomic mass is 9.68. The third-order valence-electron chi connectivity index (χ3n) is 3.41. The highest BCUT2D eigenvalue weighted by Crippen LogP contribution is 2.47. The van der Waals surface area contributed by atoms with Gasteiger partial charge in [0.15, 0.2) is 0 Å². The van der Waals surface area contributed by atoms with E-state index in [4.69, 9.17) is 4.74 Å². The average Bonchev–Trinajstić information content (AvgIpc) is 2.64. The maximum absolute atomic E-state index is 12.0. The topological polar surface area (TPSA) is 58.6 Å². The Morgan fingerprint density at radius 3 is 2.73 bits per heavy atom. The van der Waals surface area contributed by atoms with Gasteiger partial charge in [0.25, 0.3) is 0 Å². The van der Waals surface area contributed by atoms with Gasteiger partial charge in [0.2, 0.25) is 0 Å². The first-order valence-corrected chi connectivity index (χ1v) is 6.48. The lowest BCUT2D eigenvalue weighted by Crippen LogP contribution is -2.71. The van der Waals surface area contributed by atoms with Crippen molar-refractivity contribution >= 4 is 17.7 Å². The first kappa shape index (κ1) is 11.2. The Kier molecular flexibility index (Phi) is 2.96. The maximum atomic E-state index is 12.0. The smallest absolute Gasteiger partial charge is 0.315 e. The number of hydrogen-bond acceptors (Lipinski definition) is 5. The molecule has 2 aliphatic rings. The molecule has 2 saturated heterocycles. The third-order valence-corrected chi connectivity index (χ3v) is 4.60. The van der Waals surface area contributed by atoms with Crippen molar-refractivity contribution in [2.75, 3.05) is 31.2 Å². The lowest BCUT2D eigenvalue weighted by molar-refractivity contribution is -0.179. The van der Waals surface area contributed by atoms with E-state index in [2.05, 4.69) is 5.32 Å². The minimum absolute atomic E-state index is 0.223. The van der Waals surface area contributed by atoms with E-state index in [-0.39, 0.29) is 5.97 Å². The molecule has 0 radical (unpaired) electrons. The Hall–Kier alpha value is -0.260. The van der Waals surface area contributed by atoms with Crippen LogP contribution in [0.3, 0.4) is 0 Å². The Balaban J connectivity index is 2.20. The molecular weight excluding hydrogens is 214 g/mol. The van der Waals surface area contributed by atoms with Crippen LogP contribution in [-0.2, 0) is 9.53 Å². The van der Waals surface area contributed by atoms with Crippen molar-refractivity contribution in [1.29, 1.82) is 0 Å². The van der Waals surface area contributed by atoms with Crippen molar-refractivity contribution in [3.05, 3.63) is 0 Å². The monoisotopic (exact) mass is 231 g/mol. The fourth-order valence-electron chi connectivity index (χ4n) is 2.25. The van der Waals surface area contributed by atoms with Crippen LogP contribution in [0.25, 0.3) is 0 Å². The number of hydrogen-bond donors (Lipinski definition) is 2. The third kappa shape index (κ3) is 1.57. The van der Waals surface area contributed by atoms with Gasteiger partial charge in [-0.1, -0.05) is 0 Å². The van der Waals surface area contributed by atoms with Crippen LogP contribution in [0, 0.1) is 5.41 Å². The van der Waals surface area contributed by atoms with E-state index in [0.717, 1.165) is 12.2 Å². The number of esters is 1. The van der Waals surface area contributed by atoms with Gasteiger partial charge in [-0.3, -0.25) is 4.79 Å². The van der Waals surface area contributed by atoms with Crippen LogP contribution in [0.4, 0.5) is 0 Å². The van der Waals surface area contributed by atoms with Gasteiger partial charge >= 0.3 is 5.97 Å². The van der Waals surface area contributed by atoms with E-state index >= 15 is 0 Å². The number of ether oxygens (including phenoxy) is 1. The van der Waals surface area contributed by atoms with Gasteiger partial charge in [0.05, 0.1) is 6.61 Å². The number of thioether (sulfide) groups is 1. The average molecular weight is 231 g/mol. The van der Waals surface area contributed by atoms with Gasteiger partial charge in [-0.15, -0.1) is 0 Å². The summed E-state index contributed by atoms with van der Waals surface area (Å²) in [7, 11) is 0. The highest BCUT2D eigenvalue weighted by Gasteiger charge is 2.61. The van der Waals surface area contributed by atoms with Crippen LogP contribution >= 0.6 is 11.8 Å². The Labute approximate surface area is 93.8 Å². The summed E-state index contributed by atoms with van der Waals surface area (Å²) in [6.07, 6.45) is 0.731. The van der Waals surface area contributed by atoms with E-state index in [1.807, 2.05) is 0 Å². The minimum Gasteiger partial charge on any atom is -0.465 e. The molecule has 0 aromatic carbocycles. The SMILES string of the molecule is CCOC(=O)C1(C2(O)CNC2)CCSC1. The van der Waals surface area contributed by atoms with E-state index in [1.165, 1.54) is 0 Å². The van der Waals surface area contributed by atoms with Crippen molar-refractivity contribution in [2.24, 2.45) is 5.41 Å². The standard InChI is InChI=1S/C10H17NO3S/c1-2-14-8(12)9(3-4-15-7-9)10(13)5-11-6-10/h11,13H,2-7H2,1H3. The van der Waals surface area contributed by atoms with Gasteiger partial charge in [0.1, 0.15) is 11.0 Å². The molecule has 0 spiro atoms. The van der Waals surface area contributed by atoms with Gasteiger partial charge in [-0.2, -0.15) is 11.8 Å². The number of nitrogens with one attached hydrogen (secondary N) is 1. The molecule has 0 aromatic rings. The zero-order valence-corrected chi connectivity index (χ0v) is 9.73. The summed E-state index contributed by atoms with van der Waals surface area (Å²) >= 11 is 1.72. The second kappa shape index (κ2) is 3.96. The molecule has 2 fully saturated rings. The van der Waals surface area contributed by atoms with Crippen LogP contribution < -0.4 is 5.32 Å². The summed E-state index contributed by atoms with van der Waals surface area (Å²) in [6.45, 7) is 3.20. The van der Waals surface area contributed by atoms with Crippen LogP contribution in [0.2, 0.25) is 0 Å². The van der Waals surface area contributed by atoms with Crippen molar-refractivity contribution in [3.63, 3.8) is 0 Å².